The van der Waals surface area contributed by atoms with Gasteiger partial charge >= 0.3 is 0 Å². The van der Waals surface area contributed by atoms with Crippen LogP contribution >= 0.6 is 31.9 Å². The third kappa shape index (κ3) is 3.18. The quantitative estimate of drug-likeness (QED) is 0.602. The first-order valence-corrected chi connectivity index (χ1v) is 7.60. The zero-order valence-corrected chi connectivity index (χ0v) is 12.6. The Kier molecular flexibility index (Phi) is 4.77. The van der Waals surface area contributed by atoms with E-state index in [9.17, 15) is 4.79 Å². The van der Waals surface area contributed by atoms with Crippen LogP contribution in [0.2, 0.25) is 0 Å². The summed E-state index contributed by atoms with van der Waals surface area (Å²) in [7, 11) is 0. The van der Waals surface area contributed by atoms with Crippen LogP contribution in [0.3, 0.4) is 0 Å². The van der Waals surface area contributed by atoms with Gasteiger partial charge in [-0.3, -0.25) is 4.79 Å². The van der Waals surface area contributed by atoms with Crippen LogP contribution in [0.15, 0.2) is 22.7 Å². The molecular formula is C13H14Br2O2. The number of ketones is 1. The molecule has 17 heavy (non-hydrogen) atoms. The van der Waals surface area contributed by atoms with Gasteiger partial charge in [-0.25, -0.2) is 0 Å². The summed E-state index contributed by atoms with van der Waals surface area (Å²) in [4.78, 5) is 11.9. The number of alkyl halides is 1. The van der Waals surface area contributed by atoms with E-state index >= 15 is 0 Å². The minimum absolute atomic E-state index is 0.146. The monoisotopic (exact) mass is 360 g/mol. The average molecular weight is 362 g/mol. The van der Waals surface area contributed by atoms with Crippen molar-refractivity contribution in [3.05, 3.63) is 33.8 Å². The Bertz CT molecular complexity index is 412. The maximum Gasteiger partial charge on any atom is 0.173 e. The van der Waals surface area contributed by atoms with Gasteiger partial charge in [0.25, 0.3) is 0 Å². The first-order valence-electron chi connectivity index (χ1n) is 5.68. The Balaban J connectivity index is 2.34. The van der Waals surface area contributed by atoms with Gasteiger partial charge < -0.3 is 4.74 Å². The molecule has 0 bridgehead atoms. The molecule has 4 heteroatoms. The number of carbonyl (C=O) groups is 1. The van der Waals surface area contributed by atoms with Gasteiger partial charge in [0, 0.05) is 23.2 Å². The largest absolute Gasteiger partial charge is 0.381 e. The summed E-state index contributed by atoms with van der Waals surface area (Å²) in [6.45, 7) is 1.59. The minimum Gasteiger partial charge on any atom is -0.381 e. The molecule has 2 rings (SSSR count). The summed E-state index contributed by atoms with van der Waals surface area (Å²) >= 11 is 6.67. The zero-order chi connectivity index (χ0) is 12.3. The third-order valence-electron chi connectivity index (χ3n) is 3.10. The molecule has 1 aromatic rings. The summed E-state index contributed by atoms with van der Waals surface area (Å²) < 4.78 is 6.32. The lowest BCUT2D eigenvalue weighted by atomic mass is 9.87. The van der Waals surface area contributed by atoms with Crippen molar-refractivity contribution in [1.29, 1.82) is 0 Å². The summed E-state index contributed by atoms with van der Waals surface area (Å²) in [5, 5.41) is 0.375. The fourth-order valence-electron chi connectivity index (χ4n) is 2.21. The van der Waals surface area contributed by atoms with Crippen molar-refractivity contribution in [2.24, 2.45) is 0 Å². The molecule has 0 aliphatic carbocycles. The number of carbonyl (C=O) groups excluding carboxylic acids is 1. The molecule has 0 unspecified atom stereocenters. The molecule has 0 saturated carbocycles. The lowest BCUT2D eigenvalue weighted by molar-refractivity contribution is 0.0846. The predicted octanol–water partition coefficient (Wildman–Crippen LogP) is 3.92. The number of halogens is 2. The van der Waals surface area contributed by atoms with Gasteiger partial charge in [-0.2, -0.15) is 0 Å². The fraction of sp³-hybridized carbons (Fsp3) is 0.462. The Morgan fingerprint density at radius 3 is 2.71 bits per heavy atom. The molecule has 0 N–H and O–H groups in total. The van der Waals surface area contributed by atoms with Crippen molar-refractivity contribution in [3.63, 3.8) is 0 Å². The van der Waals surface area contributed by atoms with Crippen molar-refractivity contribution in [3.8, 4) is 0 Å². The van der Waals surface area contributed by atoms with Crippen LogP contribution in [-0.4, -0.2) is 24.3 Å². The normalized spacial score (nSPS) is 17.1. The Labute approximate surface area is 118 Å². The molecule has 1 aliphatic heterocycles. The van der Waals surface area contributed by atoms with Crippen molar-refractivity contribution < 1.29 is 9.53 Å². The first-order chi connectivity index (χ1) is 8.22. The topological polar surface area (TPSA) is 26.3 Å². The van der Waals surface area contributed by atoms with Gasteiger partial charge in [0.1, 0.15) is 0 Å². The number of hydrogen-bond acceptors (Lipinski definition) is 2. The van der Waals surface area contributed by atoms with Gasteiger partial charge in [0.15, 0.2) is 5.78 Å². The molecule has 0 atom stereocenters. The standard InChI is InChI=1S/C13H14Br2O2/c14-8-13(16)12-7-10(15)1-2-11(12)9-3-5-17-6-4-9/h1-2,7,9H,3-6,8H2. The van der Waals surface area contributed by atoms with Gasteiger partial charge in [-0.1, -0.05) is 37.9 Å². The molecule has 1 aliphatic rings. The lowest BCUT2D eigenvalue weighted by Crippen LogP contribution is -2.17. The summed E-state index contributed by atoms with van der Waals surface area (Å²) in [5.41, 5.74) is 2.00. The number of benzene rings is 1. The van der Waals surface area contributed by atoms with E-state index < -0.39 is 0 Å². The highest BCUT2D eigenvalue weighted by Gasteiger charge is 2.21. The van der Waals surface area contributed by atoms with Gasteiger partial charge in [0.05, 0.1) is 5.33 Å². The zero-order valence-electron chi connectivity index (χ0n) is 9.42. The van der Waals surface area contributed by atoms with E-state index in [0.29, 0.717) is 11.2 Å². The SMILES string of the molecule is O=C(CBr)c1cc(Br)ccc1C1CCOCC1. The highest BCUT2D eigenvalue weighted by Crippen LogP contribution is 2.31. The second-order valence-electron chi connectivity index (χ2n) is 4.18. The second-order valence-corrected chi connectivity index (χ2v) is 5.65. The first kappa shape index (κ1) is 13.2. The minimum atomic E-state index is 0.146. The molecule has 0 aromatic heterocycles. The molecule has 1 heterocycles. The predicted molar refractivity (Wildman–Crippen MR) is 75.1 cm³/mol. The number of hydrogen-bond donors (Lipinski definition) is 0. The van der Waals surface area contributed by atoms with E-state index in [1.807, 2.05) is 12.1 Å². The maximum absolute atomic E-state index is 11.9. The fourth-order valence-corrected chi connectivity index (χ4v) is 2.87. The van der Waals surface area contributed by atoms with Gasteiger partial charge in [-0.15, -0.1) is 0 Å². The van der Waals surface area contributed by atoms with E-state index in [2.05, 4.69) is 37.9 Å². The molecule has 0 radical (unpaired) electrons. The van der Waals surface area contributed by atoms with Crippen LogP contribution in [0.1, 0.15) is 34.7 Å². The number of Topliss-reactive ketones (excluding diaryl/α,β-unsaturated/α-hetero) is 1. The van der Waals surface area contributed by atoms with E-state index in [0.717, 1.165) is 36.1 Å². The highest BCUT2D eigenvalue weighted by atomic mass is 79.9. The molecule has 1 fully saturated rings. The van der Waals surface area contributed by atoms with E-state index in [1.165, 1.54) is 5.56 Å². The molecule has 92 valence electrons. The van der Waals surface area contributed by atoms with Crippen LogP contribution in [0, 0.1) is 0 Å². The van der Waals surface area contributed by atoms with Crippen molar-refractivity contribution in [1.82, 2.24) is 0 Å². The average Bonchev–Trinajstić information content (AvgIpc) is 2.38. The van der Waals surface area contributed by atoms with Crippen molar-refractivity contribution in [2.75, 3.05) is 18.5 Å². The molecule has 1 saturated heterocycles. The third-order valence-corrected chi connectivity index (χ3v) is 4.10. The van der Waals surface area contributed by atoms with Crippen LogP contribution in [-0.2, 0) is 4.74 Å². The van der Waals surface area contributed by atoms with Crippen molar-refractivity contribution in [2.45, 2.75) is 18.8 Å². The van der Waals surface area contributed by atoms with Gasteiger partial charge in [-0.05, 0) is 36.5 Å². The van der Waals surface area contributed by atoms with E-state index in [-0.39, 0.29) is 5.78 Å². The summed E-state index contributed by atoms with van der Waals surface area (Å²) in [5.74, 6) is 0.600. The lowest BCUT2D eigenvalue weighted by Gasteiger charge is -2.24. The van der Waals surface area contributed by atoms with Gasteiger partial charge in [0.2, 0.25) is 0 Å². The molecule has 2 nitrogen and oxygen atoms in total. The smallest absolute Gasteiger partial charge is 0.173 e. The summed E-state index contributed by atoms with van der Waals surface area (Å²) in [6.07, 6.45) is 2.01. The highest BCUT2D eigenvalue weighted by molar-refractivity contribution is 9.10. The van der Waals surface area contributed by atoms with Crippen LogP contribution in [0.25, 0.3) is 0 Å². The Morgan fingerprint density at radius 2 is 2.06 bits per heavy atom. The molecule has 1 aromatic carbocycles. The van der Waals surface area contributed by atoms with E-state index in [4.69, 9.17) is 4.74 Å². The molecule has 0 spiro atoms. The van der Waals surface area contributed by atoms with Crippen LogP contribution < -0.4 is 0 Å². The second kappa shape index (κ2) is 6.12. The Morgan fingerprint density at radius 1 is 1.35 bits per heavy atom. The van der Waals surface area contributed by atoms with Crippen LogP contribution in [0.5, 0.6) is 0 Å². The Hall–Kier alpha value is -0.190. The number of ether oxygens (including phenoxy) is 1. The number of rotatable bonds is 3. The van der Waals surface area contributed by atoms with E-state index in [1.54, 1.807) is 0 Å². The van der Waals surface area contributed by atoms with Crippen LogP contribution in [0.4, 0.5) is 0 Å². The maximum atomic E-state index is 11.9. The molecular weight excluding hydrogens is 348 g/mol. The molecule has 0 amide bonds. The van der Waals surface area contributed by atoms with Crippen molar-refractivity contribution >= 4 is 37.6 Å². The summed E-state index contributed by atoms with van der Waals surface area (Å²) in [6, 6.07) is 6.00.